The number of hydrogen-bond acceptors (Lipinski definition) is 4. The standard InChI is InChI=1S/C30H26ClF2IN4O2/c1-29(2,3)13-23-30(18-11-20(32)19(31)12-22(18)37-28(30)40)24(17-5-4-6-21(34)25(17)33)26(38-23)27(39)36-16-9-7-15(14-35)8-10-16/h4-12,23-24,26,38H,13H2,1-3H3,(H,36,39)(H,37,40)/t23-,24-,26+,30+/m0/s1. The van der Waals surface area contributed by atoms with E-state index in [1.54, 1.807) is 42.5 Å². The first-order valence-corrected chi connectivity index (χ1v) is 14.1. The van der Waals surface area contributed by atoms with Crippen LogP contribution in [0.15, 0.2) is 54.6 Å². The van der Waals surface area contributed by atoms with E-state index < -0.39 is 46.9 Å². The molecule has 2 aliphatic heterocycles. The number of hydrogen-bond donors (Lipinski definition) is 3. The smallest absolute Gasteiger partial charge is 0.242 e. The van der Waals surface area contributed by atoms with Crippen molar-refractivity contribution in [3.63, 3.8) is 0 Å². The highest BCUT2D eigenvalue weighted by atomic mass is 127. The summed E-state index contributed by atoms with van der Waals surface area (Å²) < 4.78 is 31.3. The predicted molar refractivity (Wildman–Crippen MR) is 158 cm³/mol. The Morgan fingerprint density at radius 2 is 1.88 bits per heavy atom. The summed E-state index contributed by atoms with van der Waals surface area (Å²) in [6.07, 6.45) is 0.423. The average molecular weight is 675 g/mol. The van der Waals surface area contributed by atoms with Gasteiger partial charge in [0.15, 0.2) is 0 Å². The van der Waals surface area contributed by atoms with Crippen LogP contribution in [-0.4, -0.2) is 23.9 Å². The molecule has 0 aliphatic carbocycles. The number of nitrogens with one attached hydrogen (secondary N) is 3. The minimum absolute atomic E-state index is 0.151. The van der Waals surface area contributed by atoms with E-state index >= 15 is 8.78 Å². The highest BCUT2D eigenvalue weighted by molar-refractivity contribution is 14.1. The van der Waals surface area contributed by atoms with Crippen LogP contribution in [0, 0.1) is 32.0 Å². The van der Waals surface area contributed by atoms with Crippen LogP contribution in [0.2, 0.25) is 5.02 Å². The lowest BCUT2D eigenvalue weighted by molar-refractivity contribution is -0.122. The van der Waals surface area contributed by atoms with Gasteiger partial charge in [-0.3, -0.25) is 9.59 Å². The number of fused-ring (bicyclic) bond motifs is 2. The van der Waals surface area contributed by atoms with E-state index in [1.165, 1.54) is 12.1 Å². The molecule has 206 valence electrons. The van der Waals surface area contributed by atoms with Gasteiger partial charge in [-0.15, -0.1) is 0 Å². The van der Waals surface area contributed by atoms with E-state index in [4.69, 9.17) is 16.9 Å². The summed E-state index contributed by atoms with van der Waals surface area (Å²) in [5.74, 6) is -3.23. The zero-order valence-corrected chi connectivity index (χ0v) is 24.8. The van der Waals surface area contributed by atoms with Gasteiger partial charge >= 0.3 is 0 Å². The van der Waals surface area contributed by atoms with E-state index in [0.717, 1.165) is 0 Å². The van der Waals surface area contributed by atoms with Crippen LogP contribution in [0.4, 0.5) is 20.2 Å². The number of anilines is 2. The third-order valence-electron chi connectivity index (χ3n) is 7.58. The number of nitriles is 1. The van der Waals surface area contributed by atoms with Gasteiger partial charge in [0.2, 0.25) is 11.8 Å². The van der Waals surface area contributed by atoms with Gasteiger partial charge in [-0.25, -0.2) is 8.78 Å². The molecular weight excluding hydrogens is 649 g/mol. The summed E-state index contributed by atoms with van der Waals surface area (Å²) in [4.78, 5) is 28.1. The van der Waals surface area contributed by atoms with Crippen molar-refractivity contribution in [2.75, 3.05) is 10.6 Å². The highest BCUT2D eigenvalue weighted by Gasteiger charge is 2.66. The Kier molecular flexibility index (Phi) is 7.40. The maximum atomic E-state index is 15.9. The number of benzene rings is 3. The molecule has 0 unspecified atom stereocenters. The summed E-state index contributed by atoms with van der Waals surface area (Å²) in [5.41, 5.74) is -0.124. The fourth-order valence-electron chi connectivity index (χ4n) is 6.01. The summed E-state index contributed by atoms with van der Waals surface area (Å²) in [7, 11) is 0. The lowest BCUT2D eigenvalue weighted by Crippen LogP contribution is -2.49. The van der Waals surface area contributed by atoms with Crippen molar-refractivity contribution < 1.29 is 18.4 Å². The van der Waals surface area contributed by atoms with Crippen LogP contribution in [0.25, 0.3) is 0 Å². The van der Waals surface area contributed by atoms with Gasteiger partial charge in [0.1, 0.15) is 17.0 Å². The highest BCUT2D eigenvalue weighted by Crippen LogP contribution is 2.57. The SMILES string of the molecule is CC(C)(C)C[C@@H]1N[C@@H](C(=O)Nc2ccc(C#N)cc2)[C@H](c2cccc(I)c2F)[C@]12C(=O)Nc1cc(Cl)c(F)cc12. The van der Waals surface area contributed by atoms with Gasteiger partial charge in [0, 0.05) is 26.9 Å². The van der Waals surface area contributed by atoms with Gasteiger partial charge in [-0.05, 0) is 88.0 Å². The molecule has 3 N–H and O–H groups in total. The van der Waals surface area contributed by atoms with Gasteiger partial charge in [-0.1, -0.05) is 44.5 Å². The Morgan fingerprint density at radius 3 is 2.52 bits per heavy atom. The first-order chi connectivity index (χ1) is 18.9. The fourth-order valence-corrected chi connectivity index (χ4v) is 6.69. The Bertz CT molecular complexity index is 1570. The minimum atomic E-state index is -1.52. The second-order valence-electron chi connectivity index (χ2n) is 11.4. The molecule has 0 radical (unpaired) electrons. The van der Waals surface area contributed by atoms with Crippen molar-refractivity contribution >= 4 is 57.4 Å². The third kappa shape index (κ3) is 4.76. The van der Waals surface area contributed by atoms with Crippen molar-refractivity contribution in [1.29, 1.82) is 5.26 Å². The largest absolute Gasteiger partial charge is 0.325 e. The lowest BCUT2D eigenvalue weighted by atomic mass is 9.62. The van der Waals surface area contributed by atoms with Crippen LogP contribution in [0.5, 0.6) is 0 Å². The first-order valence-electron chi connectivity index (χ1n) is 12.7. The number of amides is 2. The molecule has 2 amide bonds. The molecule has 0 aromatic heterocycles. The lowest BCUT2D eigenvalue weighted by Gasteiger charge is -2.37. The van der Waals surface area contributed by atoms with E-state index in [1.807, 2.05) is 49.4 Å². The van der Waals surface area contributed by atoms with Crippen molar-refractivity contribution in [2.45, 2.75) is 50.6 Å². The molecule has 0 bridgehead atoms. The Balaban J connectivity index is 1.73. The summed E-state index contributed by atoms with van der Waals surface area (Å²) in [6, 6.07) is 14.1. The van der Waals surface area contributed by atoms with Crippen molar-refractivity contribution in [1.82, 2.24) is 5.32 Å². The minimum Gasteiger partial charge on any atom is -0.325 e. The van der Waals surface area contributed by atoms with Crippen LogP contribution in [0.1, 0.15) is 49.8 Å². The predicted octanol–water partition coefficient (Wildman–Crippen LogP) is 6.48. The van der Waals surface area contributed by atoms with Crippen molar-refractivity contribution in [3.8, 4) is 6.07 Å². The number of halogens is 4. The maximum Gasteiger partial charge on any atom is 0.242 e. The van der Waals surface area contributed by atoms with Crippen LogP contribution in [-0.2, 0) is 15.0 Å². The Hall–Kier alpha value is -3.07. The second kappa shape index (κ2) is 10.4. The monoisotopic (exact) mass is 674 g/mol. The van der Waals surface area contributed by atoms with E-state index in [9.17, 15) is 9.59 Å². The van der Waals surface area contributed by atoms with Crippen LogP contribution < -0.4 is 16.0 Å². The Morgan fingerprint density at radius 1 is 1.18 bits per heavy atom. The molecule has 1 saturated heterocycles. The zero-order chi connectivity index (χ0) is 29.0. The van der Waals surface area contributed by atoms with Crippen LogP contribution in [0.3, 0.4) is 0 Å². The third-order valence-corrected chi connectivity index (χ3v) is 8.70. The fraction of sp³-hybridized carbons (Fsp3) is 0.300. The first kappa shape index (κ1) is 28.5. The second-order valence-corrected chi connectivity index (χ2v) is 13.0. The molecule has 0 saturated carbocycles. The molecule has 2 heterocycles. The number of nitrogens with zero attached hydrogens (tertiary/aromatic N) is 1. The quantitative estimate of drug-likeness (QED) is 0.276. The molecule has 2 aliphatic rings. The van der Waals surface area contributed by atoms with Crippen LogP contribution >= 0.6 is 34.2 Å². The average Bonchev–Trinajstić information content (AvgIpc) is 3.36. The molecule has 5 rings (SSSR count). The van der Waals surface area contributed by atoms with E-state index in [0.29, 0.717) is 32.5 Å². The Labute approximate surface area is 249 Å². The number of rotatable bonds is 4. The van der Waals surface area contributed by atoms with Gasteiger partial charge in [-0.2, -0.15) is 5.26 Å². The van der Waals surface area contributed by atoms with E-state index in [-0.39, 0.29) is 16.0 Å². The topological polar surface area (TPSA) is 94.0 Å². The molecule has 40 heavy (non-hydrogen) atoms. The molecule has 3 aromatic rings. The van der Waals surface area contributed by atoms with Crippen molar-refractivity contribution in [2.24, 2.45) is 5.41 Å². The molecule has 10 heteroatoms. The number of carbonyl (C=O) groups excluding carboxylic acids is 2. The van der Waals surface area contributed by atoms with Gasteiger partial charge < -0.3 is 16.0 Å². The molecule has 4 atom stereocenters. The maximum absolute atomic E-state index is 15.9. The molecular formula is C30H26ClF2IN4O2. The molecule has 3 aromatic carbocycles. The number of carbonyl (C=O) groups is 2. The summed E-state index contributed by atoms with van der Waals surface area (Å²) >= 11 is 7.96. The van der Waals surface area contributed by atoms with E-state index in [2.05, 4.69) is 16.0 Å². The molecule has 1 spiro atoms. The van der Waals surface area contributed by atoms with Gasteiger partial charge in [0.25, 0.3) is 0 Å². The molecule has 1 fully saturated rings. The molecule has 6 nitrogen and oxygen atoms in total. The van der Waals surface area contributed by atoms with Crippen molar-refractivity contribution in [3.05, 3.63) is 91.5 Å². The summed E-state index contributed by atoms with van der Waals surface area (Å²) in [5, 5.41) is 18.0. The van der Waals surface area contributed by atoms with Gasteiger partial charge in [0.05, 0.1) is 22.7 Å². The summed E-state index contributed by atoms with van der Waals surface area (Å²) in [6.45, 7) is 6.01. The normalized spacial score (nSPS) is 23.6. The zero-order valence-electron chi connectivity index (χ0n) is 21.9.